The molecule has 0 saturated heterocycles. The maximum atomic E-state index is 14.3. The number of nitrogens with two attached hydrogens (primary N) is 1. The van der Waals surface area contributed by atoms with Crippen LogP contribution in [0.5, 0.6) is 0 Å². The average Bonchev–Trinajstić information content (AvgIpc) is 3.33. The predicted molar refractivity (Wildman–Crippen MR) is 151 cm³/mol. The minimum atomic E-state index is -0.604. The van der Waals surface area contributed by atoms with Crippen LogP contribution in [0.4, 0.5) is 15.9 Å². The summed E-state index contributed by atoms with van der Waals surface area (Å²) >= 11 is 0. The maximum Gasteiger partial charge on any atom is 0.200 e. The normalized spacial score (nSPS) is 12.2. The van der Waals surface area contributed by atoms with Crippen LogP contribution in [0.25, 0.3) is 44.4 Å². The van der Waals surface area contributed by atoms with E-state index < -0.39 is 11.9 Å². The third-order valence-electron chi connectivity index (χ3n) is 6.86. The Bertz CT molecular complexity index is 1910. The van der Waals surface area contributed by atoms with E-state index in [1.165, 1.54) is 18.5 Å². The van der Waals surface area contributed by atoms with E-state index in [9.17, 15) is 9.18 Å². The number of anilines is 2. The van der Waals surface area contributed by atoms with Crippen molar-refractivity contribution in [1.82, 2.24) is 19.7 Å². The molecule has 0 aliphatic carbocycles. The first kappa shape index (κ1) is 24.3. The Morgan fingerprint density at radius 1 is 0.974 bits per heavy atom. The molecule has 6 aromatic rings. The van der Waals surface area contributed by atoms with E-state index in [2.05, 4.69) is 9.97 Å². The zero-order valence-corrected chi connectivity index (χ0v) is 21.6. The lowest BCUT2D eigenvalue weighted by Gasteiger charge is -2.17. The van der Waals surface area contributed by atoms with Crippen LogP contribution >= 0.6 is 0 Å². The Morgan fingerprint density at radius 2 is 1.74 bits per heavy atom. The average molecular weight is 521 g/mol. The predicted octanol–water partition coefficient (Wildman–Crippen LogP) is 5.66. The highest BCUT2D eigenvalue weighted by atomic mass is 19.1. The minimum absolute atomic E-state index is 0.255. The van der Waals surface area contributed by atoms with E-state index in [-0.39, 0.29) is 16.8 Å². The number of halogens is 1. The molecule has 3 aromatic carbocycles. The second-order valence-electron chi connectivity index (χ2n) is 9.54. The zero-order valence-electron chi connectivity index (χ0n) is 21.6. The van der Waals surface area contributed by atoms with E-state index in [4.69, 9.17) is 15.2 Å². The first-order chi connectivity index (χ1) is 18.8. The first-order valence-electron chi connectivity index (χ1n) is 12.4. The standard InChI is InChI=1S/C30H25FN6O2/c1-17(28-24(19-7-6-8-20(31)15-19)27(38)22-9-4-5-10-23(22)39-28)37-30-25(29(32)33-16-34-30)26(35-37)18-11-13-21(14-12-18)36(2)3/h4-17H,1-3H3,(H2,32,33,34). The van der Waals surface area contributed by atoms with Crippen molar-refractivity contribution >= 4 is 33.5 Å². The van der Waals surface area contributed by atoms with Gasteiger partial charge in [-0.05, 0) is 48.9 Å². The number of para-hydroxylation sites is 1. The Labute approximate surface area is 223 Å². The quantitative estimate of drug-likeness (QED) is 0.313. The molecule has 0 amide bonds. The fourth-order valence-corrected chi connectivity index (χ4v) is 4.87. The van der Waals surface area contributed by atoms with Gasteiger partial charge in [0.1, 0.15) is 41.0 Å². The summed E-state index contributed by atoms with van der Waals surface area (Å²) in [5, 5.41) is 5.92. The second kappa shape index (κ2) is 9.36. The molecule has 194 valence electrons. The molecular formula is C30H25FN6O2. The monoisotopic (exact) mass is 520 g/mol. The van der Waals surface area contributed by atoms with E-state index in [1.807, 2.05) is 50.2 Å². The lowest BCUT2D eigenvalue weighted by Crippen LogP contribution is -2.16. The molecule has 1 unspecified atom stereocenters. The molecule has 0 aliphatic rings. The molecule has 0 aliphatic heterocycles. The van der Waals surface area contributed by atoms with E-state index in [0.29, 0.717) is 39.0 Å². The number of hydrogen-bond acceptors (Lipinski definition) is 7. The van der Waals surface area contributed by atoms with Gasteiger partial charge in [-0.3, -0.25) is 4.79 Å². The van der Waals surface area contributed by atoms with Crippen LogP contribution < -0.4 is 16.1 Å². The van der Waals surface area contributed by atoms with Crippen LogP contribution in [0.15, 0.2) is 88.3 Å². The number of fused-ring (bicyclic) bond motifs is 2. The van der Waals surface area contributed by atoms with Crippen molar-refractivity contribution in [3.8, 4) is 22.4 Å². The van der Waals surface area contributed by atoms with Gasteiger partial charge in [0.15, 0.2) is 5.65 Å². The van der Waals surface area contributed by atoms with Gasteiger partial charge in [0.05, 0.1) is 16.3 Å². The molecule has 39 heavy (non-hydrogen) atoms. The van der Waals surface area contributed by atoms with Crippen molar-refractivity contribution < 1.29 is 8.81 Å². The Hall–Kier alpha value is -5.05. The lowest BCUT2D eigenvalue weighted by molar-refractivity contribution is 0.446. The van der Waals surface area contributed by atoms with Gasteiger partial charge >= 0.3 is 0 Å². The van der Waals surface area contributed by atoms with Crippen LogP contribution in [0.2, 0.25) is 0 Å². The van der Waals surface area contributed by atoms with Crippen molar-refractivity contribution in [1.29, 1.82) is 0 Å². The summed E-state index contributed by atoms with van der Waals surface area (Å²) in [6.45, 7) is 1.86. The SMILES string of the molecule is CC(c1oc2ccccc2c(=O)c1-c1cccc(F)c1)n1nc(-c2ccc(N(C)C)cc2)c2c(N)ncnc21. The third-order valence-corrected chi connectivity index (χ3v) is 6.86. The molecule has 2 N–H and O–H groups in total. The molecule has 1 atom stereocenters. The van der Waals surface area contributed by atoms with Crippen LogP contribution in [0.3, 0.4) is 0 Å². The second-order valence-corrected chi connectivity index (χ2v) is 9.54. The van der Waals surface area contributed by atoms with E-state index >= 15 is 0 Å². The fraction of sp³-hybridized carbons (Fsp3) is 0.133. The molecule has 0 saturated carbocycles. The maximum absolute atomic E-state index is 14.3. The van der Waals surface area contributed by atoms with Gasteiger partial charge in [0, 0.05) is 25.3 Å². The highest BCUT2D eigenvalue weighted by Crippen LogP contribution is 2.36. The number of hydrogen-bond donors (Lipinski definition) is 1. The molecule has 0 fully saturated rings. The van der Waals surface area contributed by atoms with Gasteiger partial charge in [-0.15, -0.1) is 0 Å². The van der Waals surface area contributed by atoms with Gasteiger partial charge in [0.25, 0.3) is 0 Å². The number of benzene rings is 3. The summed E-state index contributed by atoms with van der Waals surface area (Å²) in [6.07, 6.45) is 1.38. The summed E-state index contributed by atoms with van der Waals surface area (Å²) in [5.74, 6) is 0.169. The molecule has 9 heteroatoms. The molecule has 6 rings (SSSR count). The summed E-state index contributed by atoms with van der Waals surface area (Å²) in [5.41, 5.74) is 10.2. The van der Waals surface area contributed by atoms with Gasteiger partial charge in [-0.25, -0.2) is 19.0 Å². The number of aromatic nitrogens is 4. The van der Waals surface area contributed by atoms with Gasteiger partial charge in [0.2, 0.25) is 5.43 Å². The van der Waals surface area contributed by atoms with Crippen LogP contribution in [-0.4, -0.2) is 33.8 Å². The molecular weight excluding hydrogens is 495 g/mol. The third kappa shape index (κ3) is 4.08. The van der Waals surface area contributed by atoms with Crippen molar-refractivity contribution in [3.63, 3.8) is 0 Å². The van der Waals surface area contributed by atoms with Crippen molar-refractivity contribution in [2.75, 3.05) is 24.7 Å². The topological polar surface area (TPSA) is 103 Å². The van der Waals surface area contributed by atoms with Gasteiger partial charge < -0.3 is 15.1 Å². The highest BCUT2D eigenvalue weighted by Gasteiger charge is 2.27. The molecule has 3 heterocycles. The fourth-order valence-electron chi connectivity index (χ4n) is 4.87. The summed E-state index contributed by atoms with van der Waals surface area (Å²) in [7, 11) is 3.94. The van der Waals surface area contributed by atoms with Gasteiger partial charge in [-0.1, -0.05) is 36.4 Å². The number of rotatable bonds is 5. The van der Waals surface area contributed by atoms with Crippen molar-refractivity contribution in [2.45, 2.75) is 13.0 Å². The Kier molecular flexibility index (Phi) is 5.83. The molecule has 8 nitrogen and oxygen atoms in total. The molecule has 3 aromatic heterocycles. The largest absolute Gasteiger partial charge is 0.458 e. The molecule has 0 bridgehead atoms. The Balaban J connectivity index is 1.61. The first-order valence-corrected chi connectivity index (χ1v) is 12.4. The summed E-state index contributed by atoms with van der Waals surface area (Å²) in [4.78, 5) is 24.5. The molecule has 0 spiro atoms. The number of nitrogen functional groups attached to an aromatic ring is 1. The number of nitrogens with zero attached hydrogens (tertiary/aromatic N) is 5. The summed E-state index contributed by atoms with van der Waals surface area (Å²) < 4.78 is 22.3. The molecule has 0 radical (unpaired) electrons. The van der Waals surface area contributed by atoms with Crippen molar-refractivity contribution in [3.05, 3.63) is 101 Å². The Morgan fingerprint density at radius 3 is 2.49 bits per heavy atom. The van der Waals surface area contributed by atoms with Crippen LogP contribution in [-0.2, 0) is 0 Å². The van der Waals surface area contributed by atoms with Crippen LogP contribution in [0, 0.1) is 5.82 Å². The lowest BCUT2D eigenvalue weighted by atomic mass is 9.99. The minimum Gasteiger partial charge on any atom is -0.458 e. The van der Waals surface area contributed by atoms with Crippen LogP contribution in [0.1, 0.15) is 18.7 Å². The van der Waals surface area contributed by atoms with E-state index in [0.717, 1.165) is 11.3 Å². The van der Waals surface area contributed by atoms with Crippen molar-refractivity contribution in [2.24, 2.45) is 0 Å². The van der Waals surface area contributed by atoms with Gasteiger partial charge in [-0.2, -0.15) is 5.10 Å². The summed E-state index contributed by atoms with van der Waals surface area (Å²) in [6, 6.07) is 20.3. The van der Waals surface area contributed by atoms with E-state index in [1.54, 1.807) is 41.1 Å². The smallest absolute Gasteiger partial charge is 0.200 e. The highest BCUT2D eigenvalue weighted by molar-refractivity contribution is 5.98. The zero-order chi connectivity index (χ0) is 27.3.